The summed E-state index contributed by atoms with van der Waals surface area (Å²) in [6.45, 7) is 7.92. The van der Waals surface area contributed by atoms with Crippen LogP contribution >= 0.6 is 0 Å². The molecule has 1 fully saturated rings. The standard InChI is InChI=1S/C28H38O8/c1-4-15-28(30,26(29)24-18-35-27(2,3)36-24)25(34-21-32-17-23-13-9-6-10-14-23)19-33-20-31-16-22-11-7-5-8-12-22/h4-14,24-26,29-30H,1,15-21H2,2-3H3/t24-,25-,26-,28-/m1/s1. The number of hydrogen-bond acceptors (Lipinski definition) is 8. The highest BCUT2D eigenvalue weighted by atomic mass is 16.7. The lowest BCUT2D eigenvalue weighted by Gasteiger charge is -2.40. The van der Waals surface area contributed by atoms with Gasteiger partial charge in [-0.25, -0.2) is 0 Å². The summed E-state index contributed by atoms with van der Waals surface area (Å²) in [5.74, 6) is -0.863. The molecule has 3 rings (SSSR count). The fourth-order valence-corrected chi connectivity index (χ4v) is 4.02. The fourth-order valence-electron chi connectivity index (χ4n) is 4.02. The SMILES string of the molecule is C=CC[C@](O)([C@H](O)[C@H]1COC(C)(C)O1)[C@@H](COCOCc1ccccc1)OCOCc1ccccc1. The average Bonchev–Trinajstić information content (AvgIpc) is 3.25. The number of hydrogen-bond donors (Lipinski definition) is 2. The Morgan fingerprint density at radius 3 is 2.11 bits per heavy atom. The van der Waals surface area contributed by atoms with Crippen molar-refractivity contribution in [1.82, 2.24) is 0 Å². The molecule has 2 N–H and O–H groups in total. The molecule has 0 spiro atoms. The van der Waals surface area contributed by atoms with Crippen LogP contribution in [0.1, 0.15) is 31.4 Å². The highest BCUT2D eigenvalue weighted by molar-refractivity contribution is 5.14. The molecule has 1 aliphatic heterocycles. The van der Waals surface area contributed by atoms with Gasteiger partial charge in [-0.2, -0.15) is 0 Å². The van der Waals surface area contributed by atoms with Crippen molar-refractivity contribution in [3.05, 3.63) is 84.4 Å². The van der Waals surface area contributed by atoms with Crippen molar-refractivity contribution in [2.45, 2.75) is 63.2 Å². The molecule has 0 radical (unpaired) electrons. The first-order valence-corrected chi connectivity index (χ1v) is 12.1. The summed E-state index contributed by atoms with van der Waals surface area (Å²) in [4.78, 5) is 0. The number of rotatable bonds is 16. The van der Waals surface area contributed by atoms with Crippen molar-refractivity contribution in [2.24, 2.45) is 0 Å². The predicted octanol–water partition coefficient (Wildman–Crippen LogP) is 3.56. The Bertz CT molecular complexity index is 891. The van der Waals surface area contributed by atoms with Crippen molar-refractivity contribution in [3.63, 3.8) is 0 Å². The van der Waals surface area contributed by atoms with Gasteiger partial charge >= 0.3 is 0 Å². The Morgan fingerprint density at radius 2 is 1.58 bits per heavy atom. The van der Waals surface area contributed by atoms with E-state index in [0.717, 1.165) is 11.1 Å². The van der Waals surface area contributed by atoms with Crippen LogP contribution in [0.5, 0.6) is 0 Å². The fraction of sp³-hybridized carbons (Fsp3) is 0.500. The lowest BCUT2D eigenvalue weighted by atomic mass is 9.84. The van der Waals surface area contributed by atoms with Gasteiger partial charge in [-0.15, -0.1) is 6.58 Å². The number of benzene rings is 2. The van der Waals surface area contributed by atoms with Crippen LogP contribution in [0, 0.1) is 0 Å². The maximum absolute atomic E-state index is 11.7. The topological polar surface area (TPSA) is 95.8 Å². The summed E-state index contributed by atoms with van der Waals surface area (Å²) < 4.78 is 34.3. The molecule has 0 amide bonds. The van der Waals surface area contributed by atoms with Crippen molar-refractivity contribution in [2.75, 3.05) is 26.8 Å². The van der Waals surface area contributed by atoms with Crippen LogP contribution in [0.4, 0.5) is 0 Å². The first-order chi connectivity index (χ1) is 17.3. The van der Waals surface area contributed by atoms with E-state index in [2.05, 4.69) is 6.58 Å². The zero-order valence-corrected chi connectivity index (χ0v) is 21.1. The minimum atomic E-state index is -1.77. The smallest absolute Gasteiger partial charge is 0.163 e. The quantitative estimate of drug-likeness (QED) is 0.204. The van der Waals surface area contributed by atoms with Gasteiger partial charge in [0.25, 0.3) is 0 Å². The number of aliphatic hydroxyl groups is 2. The van der Waals surface area contributed by atoms with Crippen LogP contribution in [0.3, 0.4) is 0 Å². The number of aliphatic hydroxyl groups excluding tert-OH is 1. The summed E-state index contributed by atoms with van der Waals surface area (Å²) in [5, 5.41) is 22.8. The van der Waals surface area contributed by atoms with Crippen LogP contribution < -0.4 is 0 Å². The van der Waals surface area contributed by atoms with Crippen molar-refractivity contribution in [1.29, 1.82) is 0 Å². The van der Waals surface area contributed by atoms with E-state index < -0.39 is 29.7 Å². The zero-order valence-electron chi connectivity index (χ0n) is 21.1. The molecular formula is C28H38O8. The molecule has 4 atom stereocenters. The third-order valence-electron chi connectivity index (χ3n) is 5.94. The molecule has 0 saturated carbocycles. The van der Waals surface area contributed by atoms with E-state index in [0.29, 0.717) is 13.2 Å². The van der Waals surface area contributed by atoms with Gasteiger partial charge in [0.05, 0.1) is 26.4 Å². The summed E-state index contributed by atoms with van der Waals surface area (Å²) >= 11 is 0. The molecular weight excluding hydrogens is 464 g/mol. The molecule has 0 unspecified atom stereocenters. The van der Waals surface area contributed by atoms with Crippen LogP contribution in [0.15, 0.2) is 73.3 Å². The van der Waals surface area contributed by atoms with Gasteiger partial charge in [-0.1, -0.05) is 66.7 Å². The Balaban J connectivity index is 1.61. The van der Waals surface area contributed by atoms with E-state index in [1.807, 2.05) is 60.7 Å². The van der Waals surface area contributed by atoms with Crippen molar-refractivity contribution >= 4 is 0 Å². The van der Waals surface area contributed by atoms with Gasteiger partial charge in [0.1, 0.15) is 37.5 Å². The van der Waals surface area contributed by atoms with Gasteiger partial charge < -0.3 is 38.6 Å². The van der Waals surface area contributed by atoms with E-state index in [1.54, 1.807) is 13.8 Å². The second-order valence-corrected chi connectivity index (χ2v) is 9.23. The summed E-state index contributed by atoms with van der Waals surface area (Å²) in [7, 11) is 0. The Hall–Kier alpha value is -2.14. The van der Waals surface area contributed by atoms with Crippen LogP contribution in [0.25, 0.3) is 0 Å². The lowest BCUT2D eigenvalue weighted by Crippen LogP contribution is -2.59. The molecule has 0 aromatic heterocycles. The van der Waals surface area contributed by atoms with E-state index >= 15 is 0 Å². The molecule has 1 heterocycles. The van der Waals surface area contributed by atoms with E-state index in [9.17, 15) is 10.2 Å². The molecule has 8 heteroatoms. The zero-order chi connectivity index (χ0) is 25.9. The van der Waals surface area contributed by atoms with E-state index in [-0.39, 0.29) is 33.2 Å². The van der Waals surface area contributed by atoms with Gasteiger partial charge in [0.15, 0.2) is 5.79 Å². The molecule has 1 aliphatic rings. The number of ether oxygens (including phenoxy) is 6. The van der Waals surface area contributed by atoms with Crippen molar-refractivity contribution in [3.8, 4) is 0 Å². The van der Waals surface area contributed by atoms with Crippen LogP contribution in [-0.2, 0) is 41.6 Å². The Kier molecular flexibility index (Phi) is 11.0. The molecule has 1 saturated heterocycles. The largest absolute Gasteiger partial charge is 0.387 e. The molecule has 2 aromatic rings. The highest BCUT2D eigenvalue weighted by Gasteiger charge is 2.50. The lowest BCUT2D eigenvalue weighted by molar-refractivity contribution is -0.240. The van der Waals surface area contributed by atoms with Gasteiger partial charge in [0.2, 0.25) is 0 Å². The highest BCUT2D eigenvalue weighted by Crippen LogP contribution is 2.33. The molecule has 0 aliphatic carbocycles. The third-order valence-corrected chi connectivity index (χ3v) is 5.94. The first-order valence-electron chi connectivity index (χ1n) is 12.1. The van der Waals surface area contributed by atoms with Gasteiger partial charge in [-0.05, 0) is 31.4 Å². The Morgan fingerprint density at radius 1 is 1.00 bits per heavy atom. The second-order valence-electron chi connectivity index (χ2n) is 9.23. The summed E-state index contributed by atoms with van der Waals surface area (Å²) in [6, 6.07) is 19.4. The van der Waals surface area contributed by atoms with Crippen LogP contribution in [0.2, 0.25) is 0 Å². The second kappa shape index (κ2) is 14.0. The molecule has 198 valence electrons. The maximum Gasteiger partial charge on any atom is 0.163 e. The Labute approximate surface area is 213 Å². The van der Waals surface area contributed by atoms with Gasteiger partial charge in [-0.3, -0.25) is 0 Å². The maximum atomic E-state index is 11.7. The average molecular weight is 503 g/mol. The minimum Gasteiger partial charge on any atom is -0.387 e. The minimum absolute atomic E-state index is 0.0179. The third kappa shape index (κ3) is 8.47. The van der Waals surface area contributed by atoms with E-state index in [4.69, 9.17) is 28.4 Å². The monoisotopic (exact) mass is 502 g/mol. The predicted molar refractivity (Wildman–Crippen MR) is 134 cm³/mol. The van der Waals surface area contributed by atoms with E-state index in [1.165, 1.54) is 6.08 Å². The van der Waals surface area contributed by atoms with Crippen molar-refractivity contribution < 1.29 is 38.6 Å². The molecule has 8 nitrogen and oxygen atoms in total. The normalized spacial score (nSPS) is 20.5. The molecule has 2 aromatic carbocycles. The first kappa shape index (κ1) is 28.4. The van der Waals surface area contributed by atoms with Gasteiger partial charge in [0, 0.05) is 0 Å². The van der Waals surface area contributed by atoms with Crippen LogP contribution in [-0.4, -0.2) is 66.7 Å². The molecule has 0 bridgehead atoms. The molecule has 36 heavy (non-hydrogen) atoms. The summed E-state index contributed by atoms with van der Waals surface area (Å²) in [5.41, 5.74) is 0.234. The summed E-state index contributed by atoms with van der Waals surface area (Å²) in [6.07, 6.45) is -1.49.